The van der Waals surface area contributed by atoms with E-state index >= 15 is 0 Å². The predicted octanol–water partition coefficient (Wildman–Crippen LogP) is 20.6. The van der Waals surface area contributed by atoms with Gasteiger partial charge in [0.05, 0.1) is 0 Å². The Hall–Kier alpha value is -4.45. The molecule has 0 spiro atoms. The molecule has 0 aromatic carbocycles. The molecule has 74 heavy (non-hydrogen) atoms. The van der Waals surface area contributed by atoms with Gasteiger partial charge in [-0.05, 0) is 141 Å². The minimum Gasteiger partial charge on any atom is -0.462 e. The molecule has 0 radical (unpaired) electrons. The molecular formula is C68H110O6. The van der Waals surface area contributed by atoms with E-state index in [-0.39, 0.29) is 31.1 Å². The van der Waals surface area contributed by atoms with E-state index in [1.165, 1.54) is 70.6 Å². The van der Waals surface area contributed by atoms with Crippen LogP contribution in [0.3, 0.4) is 0 Å². The first-order valence-corrected chi connectivity index (χ1v) is 30.2. The van der Waals surface area contributed by atoms with Gasteiger partial charge in [-0.3, -0.25) is 14.4 Å². The SMILES string of the molecule is CC/C=C\C/C=C\C/C=C\C/C=C\C/C=C\C/C=C\C/C=C\C/C=C\CCCCC(=O)OCC(COC(=O)CCCCCCC/C=C\CCCCCCC)OC(=O)CCCCCCC/C=C\C/C=C\CCCCC. The molecule has 0 aliphatic rings. The van der Waals surface area contributed by atoms with Gasteiger partial charge in [-0.2, -0.15) is 0 Å². The van der Waals surface area contributed by atoms with Crippen molar-refractivity contribution in [2.24, 2.45) is 0 Å². The molecule has 0 bridgehead atoms. The first-order chi connectivity index (χ1) is 36.5. The van der Waals surface area contributed by atoms with Crippen molar-refractivity contribution in [2.75, 3.05) is 13.2 Å². The van der Waals surface area contributed by atoms with Crippen molar-refractivity contribution in [3.05, 3.63) is 134 Å². The fraction of sp³-hybridized carbons (Fsp3) is 0.632. The van der Waals surface area contributed by atoms with Crippen LogP contribution in [0.5, 0.6) is 0 Å². The molecule has 1 unspecified atom stereocenters. The molecule has 0 heterocycles. The third-order valence-corrected chi connectivity index (χ3v) is 12.4. The molecule has 0 saturated carbocycles. The van der Waals surface area contributed by atoms with Gasteiger partial charge in [0.1, 0.15) is 13.2 Å². The lowest BCUT2D eigenvalue weighted by atomic mass is 10.1. The Morgan fingerprint density at radius 3 is 0.892 bits per heavy atom. The number of unbranched alkanes of at least 4 members (excludes halogenated alkanes) is 20. The molecule has 0 aliphatic carbocycles. The molecule has 6 nitrogen and oxygen atoms in total. The van der Waals surface area contributed by atoms with E-state index in [2.05, 4.69) is 154 Å². The first kappa shape index (κ1) is 69.5. The van der Waals surface area contributed by atoms with Crippen LogP contribution in [-0.4, -0.2) is 37.2 Å². The van der Waals surface area contributed by atoms with Crippen molar-refractivity contribution in [3.63, 3.8) is 0 Å². The maximum Gasteiger partial charge on any atom is 0.306 e. The molecule has 0 fully saturated rings. The molecular weight excluding hydrogens is 913 g/mol. The van der Waals surface area contributed by atoms with Crippen LogP contribution in [0.15, 0.2) is 134 Å². The number of esters is 3. The summed E-state index contributed by atoms with van der Waals surface area (Å²) in [5.74, 6) is -0.975. The molecule has 6 heteroatoms. The number of hydrogen-bond acceptors (Lipinski definition) is 6. The van der Waals surface area contributed by atoms with E-state index in [0.717, 1.165) is 141 Å². The smallest absolute Gasteiger partial charge is 0.306 e. The van der Waals surface area contributed by atoms with Crippen molar-refractivity contribution < 1.29 is 28.6 Å². The second kappa shape index (κ2) is 61.1. The monoisotopic (exact) mass is 1020 g/mol. The van der Waals surface area contributed by atoms with Crippen LogP contribution in [0, 0.1) is 0 Å². The second-order valence-electron chi connectivity index (χ2n) is 19.5. The number of carbonyl (C=O) groups is 3. The van der Waals surface area contributed by atoms with Gasteiger partial charge in [-0.15, -0.1) is 0 Å². The molecule has 0 amide bonds. The summed E-state index contributed by atoms with van der Waals surface area (Å²) in [4.78, 5) is 38.2. The minimum absolute atomic E-state index is 0.106. The third kappa shape index (κ3) is 58.4. The van der Waals surface area contributed by atoms with E-state index in [1.807, 2.05) is 0 Å². The molecule has 0 N–H and O–H groups in total. The molecule has 418 valence electrons. The van der Waals surface area contributed by atoms with E-state index in [9.17, 15) is 14.4 Å². The van der Waals surface area contributed by atoms with Gasteiger partial charge in [0.2, 0.25) is 0 Å². The summed E-state index contributed by atoms with van der Waals surface area (Å²) >= 11 is 0. The van der Waals surface area contributed by atoms with Crippen LogP contribution in [-0.2, 0) is 28.6 Å². The minimum atomic E-state index is -0.812. The molecule has 0 rings (SSSR count). The van der Waals surface area contributed by atoms with Gasteiger partial charge in [0, 0.05) is 19.3 Å². The lowest BCUT2D eigenvalue weighted by Gasteiger charge is -2.18. The van der Waals surface area contributed by atoms with Crippen LogP contribution >= 0.6 is 0 Å². The zero-order valence-electron chi connectivity index (χ0n) is 47.8. The zero-order chi connectivity index (χ0) is 53.6. The summed E-state index contributed by atoms with van der Waals surface area (Å²) < 4.78 is 16.8. The summed E-state index contributed by atoms with van der Waals surface area (Å²) in [5.41, 5.74) is 0. The fourth-order valence-electron chi connectivity index (χ4n) is 7.83. The van der Waals surface area contributed by atoms with Crippen molar-refractivity contribution in [3.8, 4) is 0 Å². The lowest BCUT2D eigenvalue weighted by Crippen LogP contribution is -2.30. The van der Waals surface area contributed by atoms with Crippen LogP contribution in [0.4, 0.5) is 0 Å². The molecule has 0 aromatic heterocycles. The fourth-order valence-corrected chi connectivity index (χ4v) is 7.83. The van der Waals surface area contributed by atoms with Gasteiger partial charge in [-0.25, -0.2) is 0 Å². The van der Waals surface area contributed by atoms with Crippen LogP contribution in [0.25, 0.3) is 0 Å². The Morgan fingerprint density at radius 2 is 0.527 bits per heavy atom. The normalized spacial score (nSPS) is 13.1. The average molecular weight is 1020 g/mol. The number of rotatable bonds is 53. The highest BCUT2D eigenvalue weighted by Crippen LogP contribution is 2.13. The molecule has 0 saturated heterocycles. The maximum atomic E-state index is 12.9. The Morgan fingerprint density at radius 1 is 0.284 bits per heavy atom. The van der Waals surface area contributed by atoms with Crippen molar-refractivity contribution in [2.45, 2.75) is 264 Å². The van der Waals surface area contributed by atoms with Crippen LogP contribution in [0.2, 0.25) is 0 Å². The molecule has 1 atom stereocenters. The molecule has 0 aliphatic heterocycles. The van der Waals surface area contributed by atoms with Crippen molar-refractivity contribution in [1.29, 1.82) is 0 Å². The Labute approximate surface area is 455 Å². The largest absolute Gasteiger partial charge is 0.462 e. The average Bonchev–Trinajstić information content (AvgIpc) is 3.40. The summed E-state index contributed by atoms with van der Waals surface area (Å²) in [6.45, 7) is 6.43. The highest BCUT2D eigenvalue weighted by molar-refractivity contribution is 5.71. The first-order valence-electron chi connectivity index (χ1n) is 30.2. The number of carbonyl (C=O) groups excluding carboxylic acids is 3. The van der Waals surface area contributed by atoms with Gasteiger partial charge in [0.25, 0.3) is 0 Å². The van der Waals surface area contributed by atoms with Crippen LogP contribution in [0.1, 0.15) is 258 Å². The topological polar surface area (TPSA) is 78.9 Å². The summed E-state index contributed by atoms with van der Waals surface area (Å²) in [7, 11) is 0. The van der Waals surface area contributed by atoms with E-state index in [4.69, 9.17) is 14.2 Å². The Balaban J connectivity index is 4.46. The van der Waals surface area contributed by atoms with Gasteiger partial charge < -0.3 is 14.2 Å². The van der Waals surface area contributed by atoms with E-state index in [0.29, 0.717) is 25.7 Å². The quantitative estimate of drug-likeness (QED) is 0.0261. The molecule has 0 aromatic rings. The highest BCUT2D eigenvalue weighted by Gasteiger charge is 2.19. The Kier molecular flexibility index (Phi) is 57.4. The standard InChI is InChI=1S/C68H110O6/c1-4-7-10-13-16-19-22-25-28-29-30-31-32-33-34-35-36-37-38-39-41-43-46-49-52-55-58-61-67(70)73-64-65(63-72-66(69)60-57-54-51-48-45-42-27-24-21-18-15-12-9-6-3)74-68(71)62-59-56-53-50-47-44-40-26-23-20-17-14-11-8-5-2/h7,10,16-17,19-20,24-28,30-31,33-34,36-37,39-41,46,49,65H,4-6,8-9,11-15,18,21-23,29,32,35,38,42-45,47-48,50-64H2,1-3H3/b10-7-,19-16-,20-17-,27-24-,28-25-,31-30-,34-33-,37-36-,40-26-,41-39-,49-46-. The van der Waals surface area contributed by atoms with E-state index < -0.39 is 6.10 Å². The summed E-state index contributed by atoms with van der Waals surface area (Å²) in [6, 6.07) is 0. The predicted molar refractivity (Wildman–Crippen MR) is 320 cm³/mol. The number of allylic oxidation sites excluding steroid dienone is 22. The van der Waals surface area contributed by atoms with Gasteiger partial charge in [-0.1, -0.05) is 231 Å². The zero-order valence-corrected chi connectivity index (χ0v) is 47.8. The van der Waals surface area contributed by atoms with Crippen molar-refractivity contribution >= 4 is 17.9 Å². The Bertz CT molecular complexity index is 1600. The lowest BCUT2D eigenvalue weighted by molar-refractivity contribution is -0.167. The summed E-state index contributed by atoms with van der Waals surface area (Å²) in [6.07, 6.45) is 85.9. The summed E-state index contributed by atoms with van der Waals surface area (Å²) in [5, 5.41) is 0. The maximum absolute atomic E-state index is 12.9. The van der Waals surface area contributed by atoms with Crippen LogP contribution < -0.4 is 0 Å². The highest BCUT2D eigenvalue weighted by atomic mass is 16.6. The second-order valence-corrected chi connectivity index (χ2v) is 19.5. The number of hydrogen-bond donors (Lipinski definition) is 0. The van der Waals surface area contributed by atoms with Crippen molar-refractivity contribution in [1.82, 2.24) is 0 Å². The number of ether oxygens (including phenoxy) is 3. The van der Waals surface area contributed by atoms with Gasteiger partial charge in [0.15, 0.2) is 6.10 Å². The third-order valence-electron chi connectivity index (χ3n) is 12.4. The van der Waals surface area contributed by atoms with E-state index in [1.54, 1.807) is 0 Å². The van der Waals surface area contributed by atoms with Gasteiger partial charge >= 0.3 is 17.9 Å².